The average Bonchev–Trinajstić information content (AvgIpc) is 2.52. The maximum Gasteiger partial charge on any atom is 0.246 e. The minimum atomic E-state index is -0.692. The molecule has 1 aliphatic rings. The summed E-state index contributed by atoms with van der Waals surface area (Å²) in [5, 5.41) is 9.26. The molecule has 0 saturated carbocycles. The Morgan fingerprint density at radius 2 is 1.64 bits per heavy atom. The van der Waals surface area contributed by atoms with Crippen LogP contribution in [0.15, 0.2) is 0 Å². The van der Waals surface area contributed by atoms with Crippen LogP contribution in [0.2, 0.25) is 0 Å². The van der Waals surface area contributed by atoms with Crippen molar-refractivity contribution < 1.29 is 9.59 Å². The molecule has 4 nitrogen and oxygen atoms in total. The van der Waals surface area contributed by atoms with E-state index in [4.69, 9.17) is 11.6 Å². The third-order valence-corrected chi connectivity index (χ3v) is 4.44. The van der Waals surface area contributed by atoms with Gasteiger partial charge in [-0.3, -0.25) is 14.5 Å². The van der Waals surface area contributed by atoms with Crippen LogP contribution in [-0.2, 0) is 9.59 Å². The Labute approximate surface area is 138 Å². The molecule has 0 aliphatic carbocycles. The minimum Gasteiger partial charge on any atom is -0.281 e. The smallest absolute Gasteiger partial charge is 0.246 e. The zero-order valence-electron chi connectivity index (χ0n) is 13.4. The van der Waals surface area contributed by atoms with E-state index in [1.54, 1.807) is 0 Å². The number of nitriles is 1. The van der Waals surface area contributed by atoms with Gasteiger partial charge in [-0.25, -0.2) is 0 Å². The van der Waals surface area contributed by atoms with Gasteiger partial charge in [-0.15, -0.1) is 11.6 Å². The lowest BCUT2D eigenvalue weighted by Crippen LogP contribution is -2.41. The van der Waals surface area contributed by atoms with E-state index in [1.165, 1.54) is 24.2 Å². The van der Waals surface area contributed by atoms with Crippen LogP contribution in [-0.4, -0.2) is 29.1 Å². The Balaban J connectivity index is 2.74. The molecule has 1 atom stereocenters. The van der Waals surface area contributed by atoms with E-state index >= 15 is 0 Å². The van der Waals surface area contributed by atoms with Crippen molar-refractivity contribution in [3.8, 4) is 6.07 Å². The molecule has 0 radical (unpaired) electrons. The molecule has 0 bridgehead atoms. The fourth-order valence-electron chi connectivity index (χ4n) is 2.83. The number of hydrogen-bond acceptors (Lipinski definition) is 3. The molecule has 2 amide bonds. The van der Waals surface area contributed by atoms with Gasteiger partial charge in [0.1, 0.15) is 5.92 Å². The molecule has 1 saturated heterocycles. The van der Waals surface area contributed by atoms with Gasteiger partial charge in [0.05, 0.1) is 6.07 Å². The Bertz CT molecular complexity index is 393. The van der Waals surface area contributed by atoms with Crippen LogP contribution in [0.5, 0.6) is 0 Å². The third-order valence-electron chi connectivity index (χ3n) is 4.17. The van der Waals surface area contributed by atoms with Crippen molar-refractivity contribution in [3.63, 3.8) is 0 Å². The van der Waals surface area contributed by atoms with Gasteiger partial charge in [0.15, 0.2) is 0 Å². The number of alkyl halides is 1. The fourth-order valence-corrected chi connectivity index (χ4v) is 2.95. The first-order chi connectivity index (χ1) is 10.7. The molecule has 0 spiro atoms. The Hall–Kier alpha value is -1.08. The van der Waals surface area contributed by atoms with Crippen molar-refractivity contribution in [2.75, 3.05) is 12.4 Å². The predicted octanol–water partition coefficient (Wildman–Crippen LogP) is 4.02. The Kier molecular flexibility index (Phi) is 9.90. The second-order valence-electron chi connectivity index (χ2n) is 5.97. The van der Waals surface area contributed by atoms with Crippen molar-refractivity contribution in [2.45, 2.75) is 70.6 Å². The van der Waals surface area contributed by atoms with E-state index in [1.807, 2.05) is 0 Å². The summed E-state index contributed by atoms with van der Waals surface area (Å²) < 4.78 is 0. The molecule has 0 N–H and O–H groups in total. The molecular weight excluding hydrogens is 300 g/mol. The minimum absolute atomic E-state index is 0.146. The summed E-state index contributed by atoms with van der Waals surface area (Å²) in [5.41, 5.74) is 0. The number of amides is 2. The van der Waals surface area contributed by atoms with Crippen LogP contribution < -0.4 is 0 Å². The van der Waals surface area contributed by atoms with Gasteiger partial charge >= 0.3 is 0 Å². The van der Waals surface area contributed by atoms with Crippen molar-refractivity contribution >= 4 is 23.4 Å². The van der Waals surface area contributed by atoms with Gasteiger partial charge in [-0.1, -0.05) is 44.9 Å². The molecular formula is C17H27ClN2O2. The molecule has 5 heteroatoms. The largest absolute Gasteiger partial charge is 0.281 e. The first-order valence-electron chi connectivity index (χ1n) is 8.50. The number of hydrogen-bond donors (Lipinski definition) is 0. The molecule has 0 aromatic rings. The number of carbonyl (C=O) groups is 2. The van der Waals surface area contributed by atoms with Crippen molar-refractivity contribution in [2.24, 2.45) is 5.92 Å². The molecule has 22 heavy (non-hydrogen) atoms. The first kappa shape index (κ1) is 19.0. The standard InChI is InChI=1S/C17H27ClN2O2/c18-12-9-13-20-16(21)11-8-6-4-2-1-3-5-7-10-15(14-19)17(20)22/h15H,1-13H2. The fraction of sp³-hybridized carbons (Fsp3) is 0.824. The van der Waals surface area contributed by atoms with Crippen LogP contribution in [0.4, 0.5) is 0 Å². The van der Waals surface area contributed by atoms with Gasteiger partial charge in [0, 0.05) is 18.8 Å². The summed E-state index contributed by atoms with van der Waals surface area (Å²) >= 11 is 5.69. The van der Waals surface area contributed by atoms with Crippen LogP contribution >= 0.6 is 11.6 Å². The lowest BCUT2D eigenvalue weighted by molar-refractivity contribution is -0.146. The van der Waals surface area contributed by atoms with Gasteiger partial charge in [0.25, 0.3) is 0 Å². The van der Waals surface area contributed by atoms with Crippen molar-refractivity contribution in [1.29, 1.82) is 5.26 Å². The van der Waals surface area contributed by atoms with Gasteiger partial charge < -0.3 is 0 Å². The molecule has 1 rings (SSSR count). The lowest BCUT2D eigenvalue weighted by Gasteiger charge is -2.23. The van der Waals surface area contributed by atoms with E-state index < -0.39 is 5.92 Å². The molecule has 124 valence electrons. The second kappa shape index (κ2) is 11.5. The molecule has 1 aliphatic heterocycles. The van der Waals surface area contributed by atoms with E-state index in [2.05, 4.69) is 6.07 Å². The number of imide groups is 1. The zero-order valence-corrected chi connectivity index (χ0v) is 14.1. The monoisotopic (exact) mass is 326 g/mol. The lowest BCUT2D eigenvalue weighted by atomic mass is 9.98. The number of rotatable bonds is 3. The number of carbonyl (C=O) groups excluding carboxylic acids is 2. The van der Waals surface area contributed by atoms with Crippen LogP contribution in [0.1, 0.15) is 70.6 Å². The van der Waals surface area contributed by atoms with Gasteiger partial charge in [0.2, 0.25) is 11.8 Å². The van der Waals surface area contributed by atoms with Crippen LogP contribution in [0.3, 0.4) is 0 Å². The van der Waals surface area contributed by atoms with E-state index in [0.717, 1.165) is 32.1 Å². The quantitative estimate of drug-likeness (QED) is 0.581. The van der Waals surface area contributed by atoms with Gasteiger partial charge in [-0.05, 0) is 19.3 Å². The topological polar surface area (TPSA) is 61.2 Å². The highest BCUT2D eigenvalue weighted by Gasteiger charge is 2.27. The van der Waals surface area contributed by atoms with Crippen LogP contribution in [0.25, 0.3) is 0 Å². The number of nitrogens with zero attached hydrogens (tertiary/aromatic N) is 2. The predicted molar refractivity (Wildman–Crippen MR) is 87.3 cm³/mol. The summed E-state index contributed by atoms with van der Waals surface area (Å²) in [6.07, 6.45) is 10.1. The summed E-state index contributed by atoms with van der Waals surface area (Å²) in [4.78, 5) is 26.1. The van der Waals surface area contributed by atoms with E-state index in [0.29, 0.717) is 31.7 Å². The summed E-state index contributed by atoms with van der Waals surface area (Å²) in [7, 11) is 0. The summed E-state index contributed by atoms with van der Waals surface area (Å²) in [6, 6.07) is 2.08. The molecule has 0 aromatic heterocycles. The third kappa shape index (κ3) is 6.79. The molecule has 1 unspecified atom stereocenters. The normalized spacial score (nSPS) is 22.9. The maximum absolute atomic E-state index is 12.5. The summed E-state index contributed by atoms with van der Waals surface area (Å²) in [5.74, 6) is -0.752. The average molecular weight is 327 g/mol. The first-order valence-corrected chi connectivity index (χ1v) is 9.04. The van der Waals surface area contributed by atoms with Crippen molar-refractivity contribution in [3.05, 3.63) is 0 Å². The van der Waals surface area contributed by atoms with Gasteiger partial charge in [-0.2, -0.15) is 5.26 Å². The second-order valence-corrected chi connectivity index (χ2v) is 6.35. The van der Waals surface area contributed by atoms with E-state index in [9.17, 15) is 14.9 Å². The van der Waals surface area contributed by atoms with E-state index in [-0.39, 0.29) is 11.8 Å². The maximum atomic E-state index is 12.5. The SMILES string of the molecule is N#CC1CCCCCCCCCCC(=O)N(CCCCl)C1=O. The highest BCUT2D eigenvalue weighted by molar-refractivity contribution is 6.17. The zero-order chi connectivity index (χ0) is 16.2. The highest BCUT2D eigenvalue weighted by Crippen LogP contribution is 2.18. The van der Waals surface area contributed by atoms with Crippen molar-refractivity contribution in [1.82, 2.24) is 4.90 Å². The van der Waals surface area contributed by atoms with Crippen LogP contribution in [0, 0.1) is 17.2 Å². The Morgan fingerprint density at radius 1 is 1.05 bits per heavy atom. The Morgan fingerprint density at radius 3 is 2.23 bits per heavy atom. The molecule has 1 heterocycles. The summed E-state index contributed by atoms with van der Waals surface area (Å²) in [6.45, 7) is 0.333. The highest BCUT2D eigenvalue weighted by atomic mass is 35.5. The molecule has 0 aromatic carbocycles. The number of halogens is 1. The molecule has 1 fully saturated rings.